The maximum Gasteiger partial charge on any atom is 0.126 e. The van der Waals surface area contributed by atoms with Crippen molar-refractivity contribution in [3.63, 3.8) is 0 Å². The van der Waals surface area contributed by atoms with E-state index in [4.69, 9.17) is 4.74 Å². The summed E-state index contributed by atoms with van der Waals surface area (Å²) < 4.78 is 18.9. The molecule has 3 rings (SSSR count). The third-order valence-corrected chi connectivity index (χ3v) is 5.24. The zero-order chi connectivity index (χ0) is 14.0. The van der Waals surface area contributed by atoms with Crippen LogP contribution in [0, 0.1) is 5.82 Å². The molecule has 2 N–H and O–H groups in total. The molecule has 0 radical (unpaired) electrons. The summed E-state index contributed by atoms with van der Waals surface area (Å²) in [6, 6.07) is 4.85. The van der Waals surface area contributed by atoms with E-state index < -0.39 is 5.60 Å². The average molecular weight is 297 g/mol. The van der Waals surface area contributed by atoms with Crippen molar-refractivity contribution in [1.29, 1.82) is 0 Å². The lowest BCUT2D eigenvalue weighted by Crippen LogP contribution is -2.41. The second-order valence-electron chi connectivity index (χ2n) is 5.63. The number of benzene rings is 1. The second-order valence-corrected chi connectivity index (χ2v) is 6.74. The molecule has 110 valence electrons. The molecule has 0 amide bonds. The zero-order valence-corrected chi connectivity index (χ0v) is 12.2. The molecule has 1 fully saturated rings. The molecule has 2 atom stereocenters. The highest BCUT2D eigenvalue weighted by Crippen LogP contribution is 2.33. The van der Waals surface area contributed by atoms with E-state index in [1.807, 2.05) is 0 Å². The van der Waals surface area contributed by atoms with E-state index in [-0.39, 0.29) is 11.9 Å². The van der Waals surface area contributed by atoms with E-state index in [0.29, 0.717) is 18.9 Å². The number of thioether (sulfide) groups is 1. The number of nitrogens with one attached hydrogen (secondary N) is 1. The van der Waals surface area contributed by atoms with E-state index >= 15 is 0 Å². The Labute approximate surface area is 122 Å². The smallest absolute Gasteiger partial charge is 0.126 e. The Hall–Kier alpha value is -0.780. The van der Waals surface area contributed by atoms with Crippen LogP contribution in [0.3, 0.4) is 0 Å². The van der Waals surface area contributed by atoms with Crippen molar-refractivity contribution >= 4 is 11.8 Å². The molecule has 20 heavy (non-hydrogen) atoms. The molecule has 5 heteroatoms. The van der Waals surface area contributed by atoms with Crippen molar-refractivity contribution in [3.8, 4) is 5.75 Å². The fraction of sp³-hybridized carbons (Fsp3) is 0.600. The van der Waals surface area contributed by atoms with Crippen molar-refractivity contribution in [2.75, 3.05) is 24.7 Å². The van der Waals surface area contributed by atoms with Gasteiger partial charge in [0, 0.05) is 30.0 Å². The maximum atomic E-state index is 13.3. The van der Waals surface area contributed by atoms with Gasteiger partial charge in [0.05, 0.1) is 12.2 Å². The van der Waals surface area contributed by atoms with Gasteiger partial charge in [-0.2, -0.15) is 11.8 Å². The van der Waals surface area contributed by atoms with Crippen LogP contribution in [0.5, 0.6) is 5.75 Å². The molecular formula is C15H20FNO2S. The molecule has 1 aromatic rings. The molecule has 2 aliphatic heterocycles. The highest BCUT2D eigenvalue weighted by atomic mass is 32.2. The van der Waals surface area contributed by atoms with E-state index in [1.165, 1.54) is 12.1 Å². The number of halogens is 1. The molecule has 2 aliphatic rings. The summed E-state index contributed by atoms with van der Waals surface area (Å²) >= 11 is 1.80. The molecular weight excluding hydrogens is 277 g/mol. The van der Waals surface area contributed by atoms with Gasteiger partial charge in [-0.15, -0.1) is 0 Å². The first-order chi connectivity index (χ1) is 9.66. The molecule has 1 saturated heterocycles. The summed E-state index contributed by atoms with van der Waals surface area (Å²) in [5.74, 6) is 2.18. The van der Waals surface area contributed by atoms with Gasteiger partial charge in [0.25, 0.3) is 0 Å². The second kappa shape index (κ2) is 5.92. The van der Waals surface area contributed by atoms with Crippen LogP contribution in [0.4, 0.5) is 4.39 Å². The van der Waals surface area contributed by atoms with Crippen LogP contribution in [0.15, 0.2) is 18.2 Å². The largest absolute Gasteiger partial charge is 0.493 e. The number of ether oxygens (including phenoxy) is 1. The highest BCUT2D eigenvalue weighted by Gasteiger charge is 2.32. The van der Waals surface area contributed by atoms with E-state index in [2.05, 4.69) is 5.32 Å². The Morgan fingerprint density at radius 3 is 3.20 bits per heavy atom. The lowest BCUT2D eigenvalue weighted by atomic mass is 9.99. The minimum absolute atomic E-state index is 0.128. The summed E-state index contributed by atoms with van der Waals surface area (Å²) in [6.45, 7) is 1.20. The summed E-state index contributed by atoms with van der Waals surface area (Å²) in [4.78, 5) is 0. The molecule has 0 spiro atoms. The van der Waals surface area contributed by atoms with Crippen molar-refractivity contribution in [3.05, 3.63) is 29.6 Å². The summed E-state index contributed by atoms with van der Waals surface area (Å²) in [5.41, 5.74) is 0.399. The van der Waals surface area contributed by atoms with E-state index in [9.17, 15) is 9.50 Å². The number of aliphatic hydroxyl groups is 1. The summed E-state index contributed by atoms with van der Waals surface area (Å²) in [6.07, 6.45) is 2.72. The minimum atomic E-state index is -0.599. The van der Waals surface area contributed by atoms with Gasteiger partial charge >= 0.3 is 0 Å². The van der Waals surface area contributed by atoms with Crippen LogP contribution in [-0.4, -0.2) is 35.4 Å². The first kappa shape index (κ1) is 14.2. The first-order valence-corrected chi connectivity index (χ1v) is 8.28. The van der Waals surface area contributed by atoms with Crippen LogP contribution in [-0.2, 0) is 0 Å². The van der Waals surface area contributed by atoms with Crippen molar-refractivity contribution in [1.82, 2.24) is 5.32 Å². The Balaban J connectivity index is 1.73. The quantitative estimate of drug-likeness (QED) is 0.899. The van der Waals surface area contributed by atoms with E-state index in [0.717, 1.165) is 36.3 Å². The third kappa shape index (κ3) is 3.10. The Kier molecular flexibility index (Phi) is 4.19. The van der Waals surface area contributed by atoms with E-state index in [1.54, 1.807) is 17.8 Å². The average Bonchev–Trinajstić information content (AvgIpc) is 2.76. The normalized spacial score (nSPS) is 29.6. The Morgan fingerprint density at radius 1 is 1.50 bits per heavy atom. The molecule has 0 aromatic heterocycles. The van der Waals surface area contributed by atoms with Gasteiger partial charge in [-0.3, -0.25) is 0 Å². The Bertz CT molecular complexity index is 477. The number of hydrogen-bond acceptors (Lipinski definition) is 4. The molecule has 0 bridgehead atoms. The molecule has 0 aliphatic carbocycles. The topological polar surface area (TPSA) is 41.5 Å². The van der Waals surface area contributed by atoms with Gasteiger partial charge in [-0.1, -0.05) is 6.07 Å². The van der Waals surface area contributed by atoms with Crippen LogP contribution in [0.1, 0.15) is 30.9 Å². The SMILES string of the molecule is O[C@]1(CN[C@@H]2CCCOc3cc(F)ccc32)CCSC1. The van der Waals surface area contributed by atoms with Crippen molar-refractivity contribution in [2.45, 2.75) is 30.9 Å². The Morgan fingerprint density at radius 2 is 2.40 bits per heavy atom. The molecule has 2 heterocycles. The summed E-state index contributed by atoms with van der Waals surface area (Å²) in [7, 11) is 0. The van der Waals surface area contributed by atoms with Gasteiger partial charge in [-0.25, -0.2) is 4.39 Å². The summed E-state index contributed by atoms with van der Waals surface area (Å²) in [5, 5.41) is 13.9. The highest BCUT2D eigenvalue weighted by molar-refractivity contribution is 7.99. The minimum Gasteiger partial charge on any atom is -0.493 e. The van der Waals surface area contributed by atoms with Crippen LogP contribution >= 0.6 is 11.8 Å². The van der Waals surface area contributed by atoms with Gasteiger partial charge in [0.1, 0.15) is 11.6 Å². The molecule has 3 nitrogen and oxygen atoms in total. The predicted molar refractivity (Wildman–Crippen MR) is 78.8 cm³/mol. The van der Waals surface area contributed by atoms with Crippen LogP contribution in [0.2, 0.25) is 0 Å². The molecule has 1 aromatic carbocycles. The number of rotatable bonds is 3. The fourth-order valence-electron chi connectivity index (χ4n) is 2.81. The van der Waals surface area contributed by atoms with Gasteiger partial charge in [-0.05, 0) is 31.1 Å². The standard InChI is InChI=1S/C15H20FNO2S/c16-11-3-4-12-13(2-1-6-19-14(12)8-11)17-9-15(18)5-7-20-10-15/h3-4,8,13,17-18H,1-2,5-7,9-10H2/t13-,15+/m1/s1. The monoisotopic (exact) mass is 297 g/mol. The zero-order valence-electron chi connectivity index (χ0n) is 11.4. The molecule has 0 unspecified atom stereocenters. The fourth-order valence-corrected chi connectivity index (χ4v) is 4.10. The first-order valence-electron chi connectivity index (χ1n) is 7.12. The lowest BCUT2D eigenvalue weighted by Gasteiger charge is -2.26. The van der Waals surface area contributed by atoms with Crippen LogP contribution < -0.4 is 10.1 Å². The molecule has 0 saturated carbocycles. The predicted octanol–water partition coefficient (Wildman–Crippen LogP) is 2.50. The van der Waals surface area contributed by atoms with Gasteiger partial charge < -0.3 is 15.2 Å². The van der Waals surface area contributed by atoms with Crippen molar-refractivity contribution in [2.24, 2.45) is 0 Å². The van der Waals surface area contributed by atoms with Crippen LogP contribution in [0.25, 0.3) is 0 Å². The number of fused-ring (bicyclic) bond motifs is 1. The number of hydrogen-bond donors (Lipinski definition) is 2. The third-order valence-electron chi connectivity index (χ3n) is 4.01. The van der Waals surface area contributed by atoms with Gasteiger partial charge in [0.15, 0.2) is 0 Å². The van der Waals surface area contributed by atoms with Crippen molar-refractivity contribution < 1.29 is 14.2 Å². The lowest BCUT2D eigenvalue weighted by molar-refractivity contribution is 0.0642. The van der Waals surface area contributed by atoms with Gasteiger partial charge in [0.2, 0.25) is 0 Å². The maximum absolute atomic E-state index is 13.3.